The molecule has 3 rings (SSSR count). The number of nitrogens with two attached hydrogens (primary N) is 1. The molecule has 1 amide bonds. The van der Waals surface area contributed by atoms with Crippen molar-refractivity contribution in [1.29, 1.82) is 0 Å². The lowest BCUT2D eigenvalue weighted by Crippen LogP contribution is -2.55. The first-order valence-electron chi connectivity index (χ1n) is 8.80. The zero-order chi connectivity index (χ0) is 17.2. The van der Waals surface area contributed by atoms with Crippen LogP contribution in [0.25, 0.3) is 0 Å². The molecule has 138 valence electrons. The molecular formula is C19H27ClN2O3. The summed E-state index contributed by atoms with van der Waals surface area (Å²) in [5.74, 6) is 0.972. The fraction of sp³-hybridized carbons (Fsp3) is 0.579. The predicted octanol–water partition coefficient (Wildman–Crippen LogP) is 2.81. The van der Waals surface area contributed by atoms with Gasteiger partial charge in [0.1, 0.15) is 5.75 Å². The molecule has 0 aromatic heterocycles. The Bertz CT molecular complexity index is 604. The van der Waals surface area contributed by atoms with Gasteiger partial charge in [0.05, 0.1) is 12.6 Å². The highest BCUT2D eigenvalue weighted by Crippen LogP contribution is 2.31. The second-order valence-electron chi connectivity index (χ2n) is 7.02. The number of nitrogens with zero attached hydrogens (tertiary/aromatic N) is 1. The van der Waals surface area contributed by atoms with E-state index in [1.54, 1.807) is 7.11 Å². The molecule has 1 saturated heterocycles. The van der Waals surface area contributed by atoms with Crippen molar-refractivity contribution >= 4 is 24.1 Å². The van der Waals surface area contributed by atoms with Gasteiger partial charge in [-0.1, -0.05) is 12.8 Å². The summed E-state index contributed by atoms with van der Waals surface area (Å²) in [6.07, 6.45) is 5.08. The lowest BCUT2D eigenvalue weighted by Gasteiger charge is -2.36. The Morgan fingerprint density at radius 3 is 2.20 bits per heavy atom. The molecule has 2 N–H and O–H groups in total. The van der Waals surface area contributed by atoms with E-state index in [1.165, 1.54) is 0 Å². The number of carbonyl (C=O) groups excluding carboxylic acids is 2. The van der Waals surface area contributed by atoms with Crippen molar-refractivity contribution in [2.45, 2.75) is 44.1 Å². The number of benzene rings is 1. The molecule has 0 spiro atoms. The normalized spacial score (nSPS) is 20.0. The fourth-order valence-corrected chi connectivity index (χ4v) is 3.87. The smallest absolute Gasteiger partial charge is 0.242 e. The zero-order valence-corrected chi connectivity index (χ0v) is 15.5. The van der Waals surface area contributed by atoms with E-state index >= 15 is 0 Å². The molecule has 0 atom stereocenters. The van der Waals surface area contributed by atoms with Crippen LogP contribution in [0.4, 0.5) is 0 Å². The molecule has 0 bridgehead atoms. The van der Waals surface area contributed by atoms with Crippen molar-refractivity contribution < 1.29 is 14.3 Å². The Labute approximate surface area is 155 Å². The molecular weight excluding hydrogens is 340 g/mol. The van der Waals surface area contributed by atoms with Crippen LogP contribution in [0, 0.1) is 5.92 Å². The van der Waals surface area contributed by atoms with Crippen LogP contribution < -0.4 is 10.5 Å². The topological polar surface area (TPSA) is 72.6 Å². The van der Waals surface area contributed by atoms with Crippen LogP contribution >= 0.6 is 12.4 Å². The Kier molecular flexibility index (Phi) is 6.47. The molecule has 2 fully saturated rings. The van der Waals surface area contributed by atoms with E-state index in [0.717, 1.165) is 31.4 Å². The Hall–Kier alpha value is -1.59. The minimum atomic E-state index is -0.660. The molecule has 1 aliphatic carbocycles. The molecule has 5 nitrogen and oxygen atoms in total. The summed E-state index contributed by atoms with van der Waals surface area (Å²) in [6.45, 7) is 1.26. The number of methoxy groups -OCH3 is 1. The number of hydrogen-bond donors (Lipinski definition) is 1. The third-order valence-corrected chi connectivity index (χ3v) is 5.45. The van der Waals surface area contributed by atoms with Gasteiger partial charge in [0.2, 0.25) is 5.91 Å². The Morgan fingerprint density at radius 2 is 1.68 bits per heavy atom. The van der Waals surface area contributed by atoms with Crippen LogP contribution in [0.2, 0.25) is 0 Å². The van der Waals surface area contributed by atoms with Crippen molar-refractivity contribution in [1.82, 2.24) is 4.90 Å². The summed E-state index contributed by atoms with van der Waals surface area (Å²) in [5, 5.41) is 0. The molecule has 2 aliphatic rings. The average molecular weight is 367 g/mol. The standard InChI is InChI=1S/C19H26N2O3.ClH/c1-24-16-6-4-14(5-7-16)17(22)15-8-12-21(13-9-15)18(23)19(20)10-2-3-11-19;/h4-7,15H,2-3,8-13,20H2,1H3;1H. The third kappa shape index (κ3) is 4.15. The number of ether oxygens (including phenoxy) is 1. The second kappa shape index (κ2) is 8.19. The van der Waals surface area contributed by atoms with Crippen molar-refractivity contribution in [3.8, 4) is 5.75 Å². The lowest BCUT2D eigenvalue weighted by atomic mass is 9.87. The Balaban J connectivity index is 0.00000225. The van der Waals surface area contributed by atoms with Crippen molar-refractivity contribution in [3.63, 3.8) is 0 Å². The third-order valence-electron chi connectivity index (χ3n) is 5.45. The molecule has 1 heterocycles. The van der Waals surface area contributed by atoms with Crippen molar-refractivity contribution in [2.24, 2.45) is 11.7 Å². The summed E-state index contributed by atoms with van der Waals surface area (Å²) >= 11 is 0. The summed E-state index contributed by atoms with van der Waals surface area (Å²) in [7, 11) is 1.61. The van der Waals surface area contributed by atoms with E-state index in [0.29, 0.717) is 31.5 Å². The molecule has 25 heavy (non-hydrogen) atoms. The number of halogens is 1. The molecule has 1 saturated carbocycles. The van der Waals surface area contributed by atoms with Gasteiger partial charge in [-0.15, -0.1) is 12.4 Å². The van der Waals surface area contributed by atoms with Crippen LogP contribution in [0.5, 0.6) is 5.75 Å². The van der Waals surface area contributed by atoms with Gasteiger partial charge in [-0.05, 0) is 49.9 Å². The Morgan fingerprint density at radius 1 is 1.12 bits per heavy atom. The number of amides is 1. The number of rotatable bonds is 4. The first kappa shape index (κ1) is 19.7. The summed E-state index contributed by atoms with van der Waals surface area (Å²) in [5.41, 5.74) is 6.33. The van der Waals surface area contributed by atoms with Crippen molar-refractivity contribution in [3.05, 3.63) is 29.8 Å². The number of hydrogen-bond acceptors (Lipinski definition) is 4. The highest BCUT2D eigenvalue weighted by Gasteiger charge is 2.41. The van der Waals surface area contributed by atoms with Crippen LogP contribution in [0.15, 0.2) is 24.3 Å². The minimum absolute atomic E-state index is 0. The first-order valence-corrected chi connectivity index (χ1v) is 8.80. The quantitative estimate of drug-likeness (QED) is 0.831. The van der Waals surface area contributed by atoms with Crippen LogP contribution in [-0.2, 0) is 4.79 Å². The van der Waals surface area contributed by atoms with E-state index in [1.807, 2.05) is 29.2 Å². The fourth-order valence-electron chi connectivity index (χ4n) is 3.87. The van der Waals surface area contributed by atoms with Gasteiger partial charge in [0, 0.05) is 24.6 Å². The van der Waals surface area contributed by atoms with E-state index in [2.05, 4.69) is 0 Å². The highest BCUT2D eigenvalue weighted by atomic mass is 35.5. The molecule has 1 aliphatic heterocycles. The SMILES string of the molecule is COc1ccc(C(=O)C2CCN(C(=O)C3(N)CCCC3)CC2)cc1.Cl. The molecule has 1 aromatic rings. The maximum Gasteiger partial charge on any atom is 0.242 e. The van der Waals surface area contributed by atoms with Gasteiger partial charge >= 0.3 is 0 Å². The number of piperidine rings is 1. The number of carbonyl (C=O) groups is 2. The number of ketones is 1. The minimum Gasteiger partial charge on any atom is -0.497 e. The highest BCUT2D eigenvalue weighted by molar-refractivity contribution is 5.98. The van der Waals surface area contributed by atoms with E-state index in [-0.39, 0.29) is 30.0 Å². The van der Waals surface area contributed by atoms with Crippen molar-refractivity contribution in [2.75, 3.05) is 20.2 Å². The van der Waals surface area contributed by atoms with Gasteiger partial charge in [-0.25, -0.2) is 0 Å². The van der Waals surface area contributed by atoms with Crippen LogP contribution in [0.3, 0.4) is 0 Å². The monoisotopic (exact) mass is 366 g/mol. The molecule has 0 unspecified atom stereocenters. The maximum absolute atomic E-state index is 12.6. The summed E-state index contributed by atoms with van der Waals surface area (Å²) in [4.78, 5) is 27.1. The second-order valence-corrected chi connectivity index (χ2v) is 7.02. The maximum atomic E-state index is 12.6. The van der Waals surface area contributed by atoms with Gasteiger partial charge in [0.15, 0.2) is 5.78 Å². The molecule has 0 radical (unpaired) electrons. The summed E-state index contributed by atoms with van der Waals surface area (Å²) < 4.78 is 5.13. The molecule has 1 aromatic carbocycles. The van der Waals surface area contributed by atoms with Crippen LogP contribution in [-0.4, -0.2) is 42.3 Å². The van der Waals surface area contributed by atoms with Crippen LogP contribution in [0.1, 0.15) is 48.9 Å². The summed E-state index contributed by atoms with van der Waals surface area (Å²) in [6, 6.07) is 7.24. The van der Waals surface area contributed by atoms with Gasteiger partial charge in [0.25, 0.3) is 0 Å². The van der Waals surface area contributed by atoms with Gasteiger partial charge in [-0.2, -0.15) is 0 Å². The zero-order valence-electron chi connectivity index (χ0n) is 14.7. The number of likely N-dealkylation sites (tertiary alicyclic amines) is 1. The number of Topliss-reactive ketones (excluding diaryl/α,β-unsaturated/α-hetero) is 1. The average Bonchev–Trinajstić information content (AvgIpc) is 3.08. The van der Waals surface area contributed by atoms with Gasteiger partial charge in [-0.3, -0.25) is 9.59 Å². The van der Waals surface area contributed by atoms with E-state index in [9.17, 15) is 9.59 Å². The largest absolute Gasteiger partial charge is 0.497 e. The van der Waals surface area contributed by atoms with Gasteiger partial charge < -0.3 is 15.4 Å². The first-order chi connectivity index (χ1) is 11.5. The predicted molar refractivity (Wildman–Crippen MR) is 99.3 cm³/mol. The van der Waals surface area contributed by atoms with E-state index in [4.69, 9.17) is 10.5 Å². The van der Waals surface area contributed by atoms with E-state index < -0.39 is 5.54 Å². The lowest BCUT2D eigenvalue weighted by molar-refractivity contribution is -0.138. The molecule has 6 heteroatoms.